The number of rotatable bonds is 0. The molecular formula is H12N4O18Re-4. The molecule has 22 nitrogen and oxygen atoms in total. The van der Waals surface area contributed by atoms with E-state index in [1.807, 2.05) is 0 Å². The molecule has 0 spiro atoms. The van der Waals surface area contributed by atoms with Crippen LogP contribution in [0.2, 0.25) is 0 Å². The van der Waals surface area contributed by atoms with Crippen molar-refractivity contribution in [3.05, 3.63) is 61.3 Å². The summed E-state index contributed by atoms with van der Waals surface area (Å²) >= 11 is 0. The van der Waals surface area contributed by atoms with Gasteiger partial charge in [0, 0.05) is 20.4 Å². The molecule has 0 fully saturated rings. The maximum atomic E-state index is 8.25. The van der Waals surface area contributed by atoms with Gasteiger partial charge in [-0.05, 0) is 0 Å². The molecule has 0 saturated heterocycles. The van der Waals surface area contributed by atoms with Gasteiger partial charge in [0.15, 0.2) is 0 Å². The molecule has 0 saturated carbocycles. The first-order valence-electron chi connectivity index (χ1n) is 2.19. The first-order chi connectivity index (χ1) is 6.93. The van der Waals surface area contributed by atoms with Gasteiger partial charge in [-0.3, -0.25) is 0 Å². The normalized spacial score (nSPS) is 4.17. The Kier molecular flexibility index (Phi) is 287. The maximum Gasteiger partial charge on any atom is 0.0689 e. The average Bonchev–Trinajstić information content (AvgIpc) is 1.76. The summed E-state index contributed by atoms with van der Waals surface area (Å²) in [6.07, 6.45) is 0. The van der Waals surface area contributed by atoms with Crippen LogP contribution in [0.1, 0.15) is 0 Å². The summed E-state index contributed by atoms with van der Waals surface area (Å²) in [5.41, 5.74) is 0. The molecule has 0 rings (SSSR count). The van der Waals surface area contributed by atoms with Crippen LogP contribution in [0.25, 0.3) is 0 Å². The minimum atomic E-state index is -1.75. The first-order valence-corrected chi connectivity index (χ1v) is 2.19. The van der Waals surface area contributed by atoms with Gasteiger partial charge in [0.25, 0.3) is 0 Å². The third kappa shape index (κ3) is 739. The van der Waals surface area contributed by atoms with Crippen LogP contribution in [0.3, 0.4) is 0 Å². The Labute approximate surface area is 136 Å². The summed E-state index contributed by atoms with van der Waals surface area (Å²) in [5.74, 6) is 0. The molecule has 0 aliphatic heterocycles. The smallest absolute Gasteiger partial charge is 0.0689 e. The molecule has 0 bridgehead atoms. The van der Waals surface area contributed by atoms with Crippen LogP contribution in [0, 0.1) is 61.3 Å². The monoisotopic (exact) mass is 543 g/mol. The van der Waals surface area contributed by atoms with E-state index in [2.05, 4.69) is 0 Å². The van der Waals surface area contributed by atoms with Crippen molar-refractivity contribution in [1.29, 1.82) is 0 Å². The van der Waals surface area contributed by atoms with Crippen LogP contribution >= 0.6 is 0 Å². The molecule has 0 amide bonds. The van der Waals surface area contributed by atoms with Gasteiger partial charge in [0.05, 0.1) is 20.3 Å². The Balaban J connectivity index is -0.00000000842. The topological polar surface area (TPSA) is 454 Å². The van der Waals surface area contributed by atoms with E-state index in [0.29, 0.717) is 0 Å². The van der Waals surface area contributed by atoms with E-state index in [1.54, 1.807) is 0 Å². The summed E-state index contributed by atoms with van der Waals surface area (Å²) in [6.45, 7) is 0. The molecule has 0 aromatic rings. The van der Waals surface area contributed by atoms with Crippen LogP contribution in [-0.2, 0) is 20.4 Å². The Morgan fingerprint density at radius 1 is 0.348 bits per heavy atom. The van der Waals surface area contributed by atoms with Gasteiger partial charge in [-0.2, -0.15) is 0 Å². The summed E-state index contributed by atoms with van der Waals surface area (Å²) < 4.78 is 0. The Morgan fingerprint density at radius 2 is 0.348 bits per heavy atom. The fourth-order valence-electron chi connectivity index (χ4n) is 0. The van der Waals surface area contributed by atoms with Crippen molar-refractivity contribution in [3.63, 3.8) is 0 Å². The van der Waals surface area contributed by atoms with E-state index in [0.717, 1.165) is 0 Å². The molecule has 0 heterocycles. The van der Waals surface area contributed by atoms with Gasteiger partial charge in [-0.1, -0.05) is 0 Å². The van der Waals surface area contributed by atoms with Crippen molar-refractivity contribution < 1.29 is 73.6 Å². The third-order valence-corrected chi connectivity index (χ3v) is 0. The second kappa shape index (κ2) is 75.0. The molecule has 151 valence electrons. The molecule has 0 aromatic heterocycles. The van der Waals surface area contributed by atoms with Crippen molar-refractivity contribution in [2.24, 2.45) is 0 Å². The maximum absolute atomic E-state index is 8.25. The molecular weight excluding hydrogens is 530 g/mol. The Hall–Kier alpha value is -2.78. The summed E-state index contributed by atoms with van der Waals surface area (Å²) in [5, 5.41) is 59.0. The minimum absolute atomic E-state index is 0. The van der Waals surface area contributed by atoms with Crippen molar-refractivity contribution in [3.8, 4) is 0 Å². The van der Waals surface area contributed by atoms with E-state index in [9.17, 15) is 0 Å². The van der Waals surface area contributed by atoms with Gasteiger partial charge < -0.3 is 94.1 Å². The number of hydrogen-bond donors (Lipinski definition) is 0. The van der Waals surface area contributed by atoms with Crippen LogP contribution in [0.15, 0.2) is 0 Å². The van der Waals surface area contributed by atoms with Gasteiger partial charge in [0.2, 0.25) is 0 Å². The number of nitrogens with zero attached hydrogens (tertiary/aromatic N) is 4. The molecule has 23 heteroatoms. The Morgan fingerprint density at radius 3 is 0.348 bits per heavy atom. The van der Waals surface area contributed by atoms with Gasteiger partial charge >= 0.3 is 0 Å². The van der Waals surface area contributed by atoms with Crippen LogP contribution in [0.5, 0.6) is 0 Å². The van der Waals surface area contributed by atoms with Crippen LogP contribution in [-0.4, -0.2) is 53.2 Å². The van der Waals surface area contributed by atoms with Crippen molar-refractivity contribution in [2.75, 3.05) is 0 Å². The average molecular weight is 542 g/mol. The predicted molar refractivity (Wildman–Crippen MR) is 63.1 cm³/mol. The second-order valence-corrected chi connectivity index (χ2v) is 0.894. The van der Waals surface area contributed by atoms with E-state index < -0.39 is 20.3 Å². The minimum Gasteiger partial charge on any atom is -0.412 e. The predicted octanol–water partition coefficient (Wildman–Crippen LogP) is -5.91. The number of hydrogen-bond acceptors (Lipinski definition) is 12. The van der Waals surface area contributed by atoms with Gasteiger partial charge in [-0.15, -0.1) is 0 Å². The standard InChI is InChI=1S/4NO3.6H2O.Re/c4*2-1(3)4;;;;;;;/h;;;;6*1H2;/q4*-1;;;;;;;. The van der Waals surface area contributed by atoms with E-state index in [1.165, 1.54) is 0 Å². The molecule has 0 aliphatic rings. The van der Waals surface area contributed by atoms with Crippen LogP contribution < -0.4 is 0 Å². The van der Waals surface area contributed by atoms with Crippen molar-refractivity contribution >= 4 is 0 Å². The van der Waals surface area contributed by atoms with E-state index in [-0.39, 0.29) is 53.3 Å². The first kappa shape index (κ1) is 87.9. The van der Waals surface area contributed by atoms with E-state index in [4.69, 9.17) is 61.3 Å². The molecule has 23 heavy (non-hydrogen) atoms. The summed E-state index contributed by atoms with van der Waals surface area (Å²) in [6, 6.07) is 0. The fraction of sp³-hybridized carbons (Fsp3) is 0. The third-order valence-electron chi connectivity index (χ3n) is 0. The quantitative estimate of drug-likeness (QED) is 0.204. The fourth-order valence-corrected chi connectivity index (χ4v) is 0. The van der Waals surface area contributed by atoms with Gasteiger partial charge in [0.1, 0.15) is 0 Å². The van der Waals surface area contributed by atoms with E-state index >= 15 is 0 Å². The second-order valence-electron chi connectivity index (χ2n) is 0.894. The van der Waals surface area contributed by atoms with Crippen molar-refractivity contribution in [1.82, 2.24) is 0 Å². The van der Waals surface area contributed by atoms with Crippen LogP contribution in [0.4, 0.5) is 0 Å². The molecule has 0 aromatic carbocycles. The largest absolute Gasteiger partial charge is 0.412 e. The molecule has 1 radical (unpaired) electrons. The zero-order valence-corrected chi connectivity index (χ0v) is 12.8. The molecule has 0 aliphatic carbocycles. The SMILES string of the molecule is O.O.O.O.O.O.O=[N+]([O-])[O-].O=[N+]([O-])[O-].O=[N+]([O-])[O-].O=[N+]([O-])[O-].[Re]. The molecule has 0 unspecified atom stereocenters. The zero-order valence-electron chi connectivity index (χ0n) is 10.1. The van der Waals surface area contributed by atoms with Crippen molar-refractivity contribution in [2.45, 2.75) is 0 Å². The summed E-state index contributed by atoms with van der Waals surface area (Å²) in [7, 11) is 0. The summed E-state index contributed by atoms with van der Waals surface area (Å²) in [4.78, 5) is 33.0. The zero-order chi connectivity index (χ0) is 14.3. The van der Waals surface area contributed by atoms with Gasteiger partial charge in [-0.25, -0.2) is 0 Å². The molecule has 12 N–H and O–H groups in total. The molecule has 0 atom stereocenters. The Bertz CT molecular complexity index is 161.